The average molecular weight is 328 g/mol. The van der Waals surface area contributed by atoms with Gasteiger partial charge in [-0.2, -0.15) is 0 Å². The molecule has 0 amide bonds. The Labute approximate surface area is 142 Å². The van der Waals surface area contributed by atoms with Crippen LogP contribution in [0.5, 0.6) is 5.75 Å². The van der Waals surface area contributed by atoms with E-state index in [-0.39, 0.29) is 12.0 Å². The molecule has 2 saturated heterocycles. The highest BCUT2D eigenvalue weighted by atomic mass is 16.5. The lowest BCUT2D eigenvalue weighted by Crippen LogP contribution is -2.46. The van der Waals surface area contributed by atoms with Gasteiger partial charge in [0.1, 0.15) is 11.6 Å². The number of aliphatic hydroxyl groups is 1. The summed E-state index contributed by atoms with van der Waals surface area (Å²) in [6.45, 7) is 2.30. The monoisotopic (exact) mass is 328 g/mol. The molecule has 0 aliphatic carbocycles. The Bertz CT molecular complexity index is 721. The lowest BCUT2D eigenvalue weighted by molar-refractivity contribution is -0.0438. The standard InChI is InChI=1S/C19H24N2O3/c1-23-14-5-6-16-13(11-14)4-7-19(20-16)21-9-2-3-17(21)15-12-24-10-8-18(15)22/h4-7,11,15,17-18,22H,2-3,8-10,12H2,1H3/t15-,17-,18-/m1/s1. The Morgan fingerprint density at radius 3 is 3.00 bits per heavy atom. The molecule has 24 heavy (non-hydrogen) atoms. The molecule has 0 saturated carbocycles. The van der Waals surface area contributed by atoms with Crippen LogP contribution in [-0.4, -0.2) is 49.1 Å². The Balaban J connectivity index is 1.63. The fourth-order valence-corrected chi connectivity index (χ4v) is 4.02. The van der Waals surface area contributed by atoms with Crippen molar-refractivity contribution in [3.8, 4) is 5.75 Å². The maximum absolute atomic E-state index is 10.4. The largest absolute Gasteiger partial charge is 0.497 e. The van der Waals surface area contributed by atoms with Gasteiger partial charge in [0.05, 0.1) is 25.3 Å². The van der Waals surface area contributed by atoms with E-state index in [1.807, 2.05) is 18.2 Å². The molecule has 128 valence electrons. The molecular formula is C19H24N2O3. The Kier molecular flexibility index (Phi) is 4.29. The number of rotatable bonds is 3. The van der Waals surface area contributed by atoms with E-state index in [4.69, 9.17) is 14.5 Å². The number of nitrogens with zero attached hydrogens (tertiary/aromatic N) is 2. The Morgan fingerprint density at radius 1 is 1.25 bits per heavy atom. The molecule has 3 atom stereocenters. The van der Waals surface area contributed by atoms with Crippen molar-refractivity contribution in [1.29, 1.82) is 0 Å². The van der Waals surface area contributed by atoms with Crippen molar-refractivity contribution in [3.05, 3.63) is 30.3 Å². The molecule has 1 aromatic heterocycles. The summed E-state index contributed by atoms with van der Waals surface area (Å²) in [5, 5.41) is 11.5. The van der Waals surface area contributed by atoms with Gasteiger partial charge in [0.25, 0.3) is 0 Å². The van der Waals surface area contributed by atoms with E-state index < -0.39 is 0 Å². The topological polar surface area (TPSA) is 54.8 Å². The van der Waals surface area contributed by atoms with E-state index >= 15 is 0 Å². The van der Waals surface area contributed by atoms with Crippen LogP contribution < -0.4 is 9.64 Å². The van der Waals surface area contributed by atoms with E-state index in [0.717, 1.165) is 48.3 Å². The zero-order valence-corrected chi connectivity index (χ0v) is 14.0. The predicted molar refractivity (Wildman–Crippen MR) is 93.6 cm³/mol. The van der Waals surface area contributed by atoms with E-state index in [9.17, 15) is 5.11 Å². The fraction of sp³-hybridized carbons (Fsp3) is 0.526. The molecule has 0 bridgehead atoms. The zero-order chi connectivity index (χ0) is 16.5. The number of hydrogen-bond acceptors (Lipinski definition) is 5. The summed E-state index contributed by atoms with van der Waals surface area (Å²) in [6.07, 6.45) is 2.69. The molecule has 2 aromatic rings. The minimum absolute atomic E-state index is 0.176. The summed E-state index contributed by atoms with van der Waals surface area (Å²) in [7, 11) is 1.68. The Hall–Kier alpha value is -1.85. The summed E-state index contributed by atoms with van der Waals surface area (Å²) in [5.74, 6) is 2.01. The number of methoxy groups -OCH3 is 1. The van der Waals surface area contributed by atoms with Gasteiger partial charge < -0.3 is 19.5 Å². The number of anilines is 1. The van der Waals surface area contributed by atoms with Crippen LogP contribution in [0.2, 0.25) is 0 Å². The number of aliphatic hydroxyl groups excluding tert-OH is 1. The summed E-state index contributed by atoms with van der Waals surface area (Å²) in [6, 6.07) is 10.4. The first-order valence-electron chi connectivity index (χ1n) is 8.73. The minimum Gasteiger partial charge on any atom is -0.497 e. The van der Waals surface area contributed by atoms with Crippen LogP contribution in [0.1, 0.15) is 19.3 Å². The molecule has 3 heterocycles. The molecule has 0 unspecified atom stereocenters. The van der Waals surface area contributed by atoms with Gasteiger partial charge >= 0.3 is 0 Å². The maximum Gasteiger partial charge on any atom is 0.129 e. The molecule has 0 spiro atoms. The third kappa shape index (κ3) is 2.82. The zero-order valence-electron chi connectivity index (χ0n) is 14.0. The number of aromatic nitrogens is 1. The molecule has 4 rings (SSSR count). The SMILES string of the molecule is COc1ccc2nc(N3CCC[C@@H]3[C@H]3COCC[C@H]3O)ccc2c1. The van der Waals surface area contributed by atoms with Crippen LogP contribution >= 0.6 is 0 Å². The number of fused-ring (bicyclic) bond motifs is 1. The summed E-state index contributed by atoms with van der Waals surface area (Å²) >= 11 is 0. The second kappa shape index (κ2) is 6.57. The van der Waals surface area contributed by atoms with Gasteiger partial charge in [-0.3, -0.25) is 0 Å². The summed E-state index contributed by atoms with van der Waals surface area (Å²) < 4.78 is 10.9. The second-order valence-corrected chi connectivity index (χ2v) is 6.73. The van der Waals surface area contributed by atoms with Gasteiger partial charge in [0, 0.05) is 30.5 Å². The predicted octanol–water partition coefficient (Wildman–Crippen LogP) is 2.61. The van der Waals surface area contributed by atoms with Gasteiger partial charge in [0.15, 0.2) is 0 Å². The summed E-state index contributed by atoms with van der Waals surface area (Å²) in [4.78, 5) is 7.20. The average Bonchev–Trinajstić information content (AvgIpc) is 3.10. The first-order valence-corrected chi connectivity index (χ1v) is 8.73. The van der Waals surface area contributed by atoms with Crippen molar-refractivity contribution >= 4 is 16.7 Å². The minimum atomic E-state index is -0.269. The van der Waals surface area contributed by atoms with Crippen molar-refractivity contribution in [2.75, 3.05) is 31.8 Å². The first kappa shape index (κ1) is 15.7. The third-order valence-electron chi connectivity index (χ3n) is 5.33. The van der Waals surface area contributed by atoms with Crippen LogP contribution in [0.15, 0.2) is 30.3 Å². The highest BCUT2D eigenvalue weighted by Crippen LogP contribution is 2.33. The number of hydrogen-bond donors (Lipinski definition) is 1. The molecule has 2 aliphatic heterocycles. The van der Waals surface area contributed by atoms with Crippen LogP contribution in [-0.2, 0) is 4.74 Å². The second-order valence-electron chi connectivity index (χ2n) is 6.73. The van der Waals surface area contributed by atoms with Gasteiger partial charge in [-0.05, 0) is 49.6 Å². The molecule has 5 heteroatoms. The van der Waals surface area contributed by atoms with Crippen molar-refractivity contribution in [2.45, 2.75) is 31.4 Å². The van der Waals surface area contributed by atoms with Crippen molar-refractivity contribution in [3.63, 3.8) is 0 Å². The van der Waals surface area contributed by atoms with E-state index in [1.165, 1.54) is 0 Å². The molecule has 1 aromatic carbocycles. The number of pyridine rings is 1. The molecule has 0 radical (unpaired) electrons. The first-order chi connectivity index (χ1) is 11.8. The van der Waals surface area contributed by atoms with Crippen LogP contribution in [0.4, 0.5) is 5.82 Å². The lowest BCUT2D eigenvalue weighted by Gasteiger charge is -2.37. The molecule has 2 aliphatic rings. The molecular weight excluding hydrogens is 304 g/mol. The van der Waals surface area contributed by atoms with Gasteiger partial charge in [-0.25, -0.2) is 4.98 Å². The third-order valence-corrected chi connectivity index (χ3v) is 5.33. The Morgan fingerprint density at radius 2 is 2.17 bits per heavy atom. The van der Waals surface area contributed by atoms with Crippen LogP contribution in [0.25, 0.3) is 10.9 Å². The van der Waals surface area contributed by atoms with Gasteiger partial charge in [-0.15, -0.1) is 0 Å². The van der Waals surface area contributed by atoms with Gasteiger partial charge in [-0.1, -0.05) is 0 Å². The van der Waals surface area contributed by atoms with E-state index in [2.05, 4.69) is 17.0 Å². The molecule has 2 fully saturated rings. The maximum atomic E-state index is 10.4. The number of benzene rings is 1. The normalized spacial score (nSPS) is 27.6. The van der Waals surface area contributed by atoms with Crippen molar-refractivity contribution in [1.82, 2.24) is 4.98 Å². The van der Waals surface area contributed by atoms with Crippen molar-refractivity contribution < 1.29 is 14.6 Å². The van der Waals surface area contributed by atoms with E-state index in [0.29, 0.717) is 19.3 Å². The molecule has 1 N–H and O–H groups in total. The van der Waals surface area contributed by atoms with Crippen molar-refractivity contribution in [2.24, 2.45) is 5.92 Å². The van der Waals surface area contributed by atoms with E-state index in [1.54, 1.807) is 7.11 Å². The van der Waals surface area contributed by atoms with Gasteiger partial charge in [0.2, 0.25) is 0 Å². The highest BCUT2D eigenvalue weighted by molar-refractivity contribution is 5.82. The quantitative estimate of drug-likeness (QED) is 0.939. The smallest absolute Gasteiger partial charge is 0.129 e. The van der Waals surface area contributed by atoms with Crippen LogP contribution in [0.3, 0.4) is 0 Å². The highest BCUT2D eigenvalue weighted by Gasteiger charge is 2.38. The number of ether oxygens (including phenoxy) is 2. The lowest BCUT2D eigenvalue weighted by atomic mass is 9.89. The fourth-order valence-electron chi connectivity index (χ4n) is 4.02. The molecule has 5 nitrogen and oxygen atoms in total. The summed E-state index contributed by atoms with van der Waals surface area (Å²) in [5.41, 5.74) is 0.972. The van der Waals surface area contributed by atoms with Crippen LogP contribution in [0, 0.1) is 5.92 Å².